The molecule has 12 nitrogen and oxygen atoms in total. The average Bonchev–Trinajstić information content (AvgIpc) is 3.35. The van der Waals surface area contributed by atoms with Gasteiger partial charge in [0.15, 0.2) is 5.82 Å². The number of nitrogens with zero attached hydrogens (tertiary/aromatic N) is 7. The van der Waals surface area contributed by atoms with Crippen molar-refractivity contribution in [3.63, 3.8) is 0 Å². The summed E-state index contributed by atoms with van der Waals surface area (Å²) in [6, 6.07) is 11.4. The largest absolute Gasteiger partial charge is 0.444 e. The van der Waals surface area contributed by atoms with Crippen molar-refractivity contribution in [1.29, 1.82) is 0 Å². The minimum Gasteiger partial charge on any atom is -0.444 e. The lowest BCUT2D eigenvalue weighted by molar-refractivity contribution is 0.0635. The lowest BCUT2D eigenvalue weighted by Crippen LogP contribution is -2.27. The molecule has 0 unspecified atom stereocenters. The molecule has 0 fully saturated rings. The summed E-state index contributed by atoms with van der Waals surface area (Å²) >= 11 is 0. The van der Waals surface area contributed by atoms with Crippen molar-refractivity contribution >= 4 is 28.8 Å². The molecule has 12 heteroatoms. The summed E-state index contributed by atoms with van der Waals surface area (Å²) in [6.07, 6.45) is 2.49. The van der Waals surface area contributed by atoms with E-state index in [0.717, 1.165) is 28.2 Å². The van der Waals surface area contributed by atoms with Gasteiger partial charge in [-0.15, -0.1) is 0 Å². The first-order valence-corrected chi connectivity index (χ1v) is 12.2. The van der Waals surface area contributed by atoms with Crippen LogP contribution in [0.5, 0.6) is 11.8 Å². The number of hydrogen-bond acceptors (Lipinski definition) is 9. The van der Waals surface area contributed by atoms with Gasteiger partial charge in [0.05, 0.1) is 16.8 Å². The van der Waals surface area contributed by atoms with Crippen LogP contribution in [-0.4, -0.2) is 46.0 Å². The normalized spacial score (nSPS) is 11.5. The van der Waals surface area contributed by atoms with E-state index >= 15 is 0 Å². The maximum Gasteiger partial charge on any atom is 0.413 e. The molecular weight excluding hydrogens is 498 g/mol. The van der Waals surface area contributed by atoms with E-state index in [2.05, 4.69) is 30.4 Å². The maximum absolute atomic E-state index is 12.4. The van der Waals surface area contributed by atoms with Crippen LogP contribution in [0.1, 0.15) is 26.5 Å². The smallest absolute Gasteiger partial charge is 0.413 e. The third kappa shape index (κ3) is 5.21. The Bertz CT molecular complexity index is 1680. The first kappa shape index (κ1) is 25.6. The lowest BCUT2D eigenvalue weighted by Gasteiger charge is -2.18. The average molecular weight is 528 g/mol. The summed E-state index contributed by atoms with van der Waals surface area (Å²) in [6.45, 7) is 7.27. The van der Waals surface area contributed by atoms with Gasteiger partial charge in [-0.25, -0.2) is 24.7 Å². The highest BCUT2D eigenvalue weighted by Crippen LogP contribution is 2.42. The Labute approximate surface area is 224 Å². The SMILES string of the molecule is Cc1ccnc(Oc2ccc(-c3c(-c4cc(NC(=O)OC(C)(C)C)nn4C)n(C)c4ncnc(N)c34)cc2)n1. The van der Waals surface area contributed by atoms with E-state index < -0.39 is 11.7 Å². The van der Waals surface area contributed by atoms with Gasteiger partial charge in [0.25, 0.3) is 0 Å². The van der Waals surface area contributed by atoms with Gasteiger partial charge in [0, 0.05) is 37.6 Å². The second kappa shape index (κ2) is 9.71. The van der Waals surface area contributed by atoms with Crippen LogP contribution in [0, 0.1) is 6.92 Å². The zero-order valence-corrected chi connectivity index (χ0v) is 22.6. The molecule has 200 valence electrons. The second-order valence-electron chi connectivity index (χ2n) is 10.0. The minimum absolute atomic E-state index is 0.270. The molecule has 0 bridgehead atoms. The van der Waals surface area contributed by atoms with Gasteiger partial charge in [-0.2, -0.15) is 5.10 Å². The summed E-state index contributed by atoms with van der Waals surface area (Å²) in [4.78, 5) is 29.5. The van der Waals surface area contributed by atoms with Crippen LogP contribution in [0.15, 0.2) is 48.9 Å². The van der Waals surface area contributed by atoms with Gasteiger partial charge in [0.1, 0.15) is 29.1 Å². The van der Waals surface area contributed by atoms with E-state index in [1.807, 2.05) is 42.8 Å². The number of rotatable bonds is 5. The molecule has 4 aromatic heterocycles. The van der Waals surface area contributed by atoms with Crippen LogP contribution in [0.25, 0.3) is 33.5 Å². The molecular formula is C27H29N9O3. The van der Waals surface area contributed by atoms with Crippen LogP contribution in [0.2, 0.25) is 0 Å². The first-order chi connectivity index (χ1) is 18.5. The highest BCUT2D eigenvalue weighted by Gasteiger charge is 2.25. The number of nitrogen functional groups attached to an aromatic ring is 1. The zero-order valence-electron chi connectivity index (χ0n) is 22.6. The standard InChI is InChI=1S/C27H29N9O3/c1-15-11-12-29-25(32-15)38-17-9-7-16(8-10-17)20-21-23(28)30-14-31-24(21)35(5)22(20)18-13-19(34-36(18)6)33-26(37)39-27(2,3)4/h7-14H,1-6H3,(H2,28,30,31)(H,33,34,37). The van der Waals surface area contributed by atoms with E-state index in [4.69, 9.17) is 15.2 Å². The summed E-state index contributed by atoms with van der Waals surface area (Å²) in [7, 11) is 3.69. The molecule has 1 aromatic carbocycles. The maximum atomic E-state index is 12.4. The molecule has 0 aliphatic carbocycles. The fourth-order valence-electron chi connectivity index (χ4n) is 4.28. The Morgan fingerprint density at radius 1 is 1.05 bits per heavy atom. The van der Waals surface area contributed by atoms with Crippen LogP contribution < -0.4 is 15.8 Å². The van der Waals surface area contributed by atoms with Gasteiger partial charge >= 0.3 is 12.1 Å². The molecule has 1 amide bonds. The quantitative estimate of drug-likeness (QED) is 0.327. The molecule has 0 radical (unpaired) electrons. The van der Waals surface area contributed by atoms with Crippen molar-refractivity contribution in [2.45, 2.75) is 33.3 Å². The number of aryl methyl sites for hydroxylation is 3. The van der Waals surface area contributed by atoms with Crippen LogP contribution >= 0.6 is 0 Å². The fourth-order valence-corrected chi connectivity index (χ4v) is 4.28. The molecule has 0 atom stereocenters. The number of hydrogen-bond donors (Lipinski definition) is 2. The van der Waals surface area contributed by atoms with E-state index in [1.165, 1.54) is 6.33 Å². The number of nitrogens with two attached hydrogens (primary N) is 1. The zero-order chi connectivity index (χ0) is 27.9. The summed E-state index contributed by atoms with van der Waals surface area (Å²) in [5, 5.41) is 7.89. The van der Waals surface area contributed by atoms with Crippen LogP contribution in [0.3, 0.4) is 0 Å². The number of nitrogens with one attached hydrogen (secondary N) is 1. The lowest BCUT2D eigenvalue weighted by atomic mass is 10.0. The van der Waals surface area contributed by atoms with Crippen molar-refractivity contribution in [3.05, 3.63) is 54.6 Å². The molecule has 4 heterocycles. The number of carbonyl (C=O) groups is 1. The van der Waals surface area contributed by atoms with Crippen molar-refractivity contribution in [2.24, 2.45) is 14.1 Å². The Kier molecular flexibility index (Phi) is 6.38. The first-order valence-electron chi connectivity index (χ1n) is 12.2. The van der Waals surface area contributed by atoms with E-state index in [0.29, 0.717) is 28.4 Å². The Balaban J connectivity index is 1.58. The second-order valence-corrected chi connectivity index (χ2v) is 10.0. The number of amides is 1. The number of aromatic nitrogens is 7. The van der Waals surface area contributed by atoms with Crippen LogP contribution in [0.4, 0.5) is 16.4 Å². The van der Waals surface area contributed by atoms with Crippen molar-refractivity contribution < 1.29 is 14.3 Å². The molecule has 39 heavy (non-hydrogen) atoms. The van der Waals surface area contributed by atoms with Crippen molar-refractivity contribution in [2.75, 3.05) is 11.1 Å². The molecule has 5 aromatic rings. The number of carbonyl (C=O) groups excluding carboxylic acids is 1. The number of benzene rings is 1. The Morgan fingerprint density at radius 2 is 1.79 bits per heavy atom. The van der Waals surface area contributed by atoms with E-state index in [1.54, 1.807) is 50.8 Å². The third-order valence-electron chi connectivity index (χ3n) is 5.87. The summed E-state index contributed by atoms with van der Waals surface area (Å²) in [5.74, 6) is 1.28. The van der Waals surface area contributed by atoms with Gasteiger partial charge in [-0.3, -0.25) is 10.00 Å². The van der Waals surface area contributed by atoms with E-state index in [-0.39, 0.29) is 6.01 Å². The highest BCUT2D eigenvalue weighted by atomic mass is 16.6. The number of anilines is 2. The van der Waals surface area contributed by atoms with Gasteiger partial charge in [0.2, 0.25) is 0 Å². The minimum atomic E-state index is -0.637. The molecule has 0 saturated heterocycles. The number of ether oxygens (including phenoxy) is 2. The monoisotopic (exact) mass is 527 g/mol. The number of fused-ring (bicyclic) bond motifs is 1. The third-order valence-corrected chi connectivity index (χ3v) is 5.87. The highest BCUT2D eigenvalue weighted by molar-refractivity contribution is 6.07. The molecule has 0 spiro atoms. The van der Waals surface area contributed by atoms with Crippen molar-refractivity contribution in [3.8, 4) is 34.3 Å². The van der Waals surface area contributed by atoms with Gasteiger partial charge in [-0.1, -0.05) is 12.1 Å². The topological polar surface area (TPSA) is 148 Å². The fraction of sp³-hybridized carbons (Fsp3) is 0.259. The summed E-state index contributed by atoms with van der Waals surface area (Å²) in [5.41, 5.74) is 10.4. The Morgan fingerprint density at radius 3 is 2.49 bits per heavy atom. The molecule has 0 aliphatic heterocycles. The molecule has 0 aliphatic rings. The molecule has 0 saturated carbocycles. The van der Waals surface area contributed by atoms with Crippen LogP contribution in [-0.2, 0) is 18.8 Å². The van der Waals surface area contributed by atoms with Crippen molar-refractivity contribution in [1.82, 2.24) is 34.3 Å². The summed E-state index contributed by atoms with van der Waals surface area (Å²) < 4.78 is 14.8. The van der Waals surface area contributed by atoms with E-state index in [9.17, 15) is 4.79 Å². The van der Waals surface area contributed by atoms with Gasteiger partial charge < -0.3 is 19.8 Å². The molecule has 5 rings (SSSR count). The predicted molar refractivity (Wildman–Crippen MR) is 147 cm³/mol. The van der Waals surface area contributed by atoms with Gasteiger partial charge in [-0.05, 0) is 51.5 Å². The predicted octanol–water partition coefficient (Wildman–Crippen LogP) is 4.86. The molecule has 3 N–H and O–H groups in total. The Hall–Kier alpha value is -5.00.